The Bertz CT molecular complexity index is 933. The SMILES string of the molecule is COc1ccc([C@H]2C(C(=O)OC3CCCCC3)=C(C)Nc3nnnn32)cc1OC. The van der Waals surface area contributed by atoms with Crippen LogP contribution >= 0.6 is 0 Å². The average molecular weight is 399 g/mol. The first-order valence-corrected chi connectivity index (χ1v) is 9.81. The van der Waals surface area contributed by atoms with Crippen molar-refractivity contribution >= 4 is 11.9 Å². The highest BCUT2D eigenvalue weighted by molar-refractivity contribution is 5.92. The molecule has 1 aliphatic heterocycles. The van der Waals surface area contributed by atoms with Crippen molar-refractivity contribution in [2.24, 2.45) is 0 Å². The third-order valence-corrected chi connectivity index (χ3v) is 5.48. The predicted octanol–water partition coefficient (Wildman–Crippen LogP) is 2.86. The van der Waals surface area contributed by atoms with Gasteiger partial charge in [0, 0.05) is 5.70 Å². The second kappa shape index (κ2) is 8.10. The quantitative estimate of drug-likeness (QED) is 0.766. The molecule has 0 amide bonds. The molecule has 9 heteroatoms. The van der Waals surface area contributed by atoms with Crippen LogP contribution < -0.4 is 14.8 Å². The number of hydrogen-bond donors (Lipinski definition) is 1. The third-order valence-electron chi connectivity index (χ3n) is 5.48. The van der Waals surface area contributed by atoms with Crippen molar-refractivity contribution in [3.8, 4) is 11.5 Å². The van der Waals surface area contributed by atoms with E-state index in [2.05, 4.69) is 20.8 Å². The number of aromatic nitrogens is 4. The molecule has 29 heavy (non-hydrogen) atoms. The van der Waals surface area contributed by atoms with E-state index in [-0.39, 0.29) is 12.1 Å². The number of carbonyl (C=O) groups excluding carboxylic acids is 1. The first-order chi connectivity index (χ1) is 14.1. The number of benzene rings is 1. The number of carbonyl (C=O) groups is 1. The Morgan fingerprint density at radius 3 is 2.62 bits per heavy atom. The zero-order chi connectivity index (χ0) is 20.4. The van der Waals surface area contributed by atoms with Crippen LogP contribution in [0.25, 0.3) is 0 Å². The summed E-state index contributed by atoms with van der Waals surface area (Å²) in [6.45, 7) is 1.84. The Balaban J connectivity index is 1.73. The summed E-state index contributed by atoms with van der Waals surface area (Å²) >= 11 is 0. The number of anilines is 1. The van der Waals surface area contributed by atoms with Crippen LogP contribution in [0.2, 0.25) is 0 Å². The second-order valence-corrected chi connectivity index (χ2v) is 7.29. The van der Waals surface area contributed by atoms with Gasteiger partial charge in [-0.2, -0.15) is 4.68 Å². The molecule has 1 fully saturated rings. The molecule has 9 nitrogen and oxygen atoms in total. The zero-order valence-corrected chi connectivity index (χ0v) is 16.8. The summed E-state index contributed by atoms with van der Waals surface area (Å²) in [7, 11) is 3.16. The summed E-state index contributed by atoms with van der Waals surface area (Å²) in [5, 5.41) is 15.0. The standard InChI is InChI=1S/C20H25N5O4/c1-12-17(19(26)29-14-7-5-4-6-8-14)18(25-20(21-12)22-23-24-25)13-9-10-15(27-2)16(11-13)28-3/h9-11,14,18H,4-8H2,1-3H3,(H,21,22,24)/t18-/m0/s1. The topological polar surface area (TPSA) is 100 Å². The number of tetrazole rings is 1. The summed E-state index contributed by atoms with van der Waals surface area (Å²) in [4.78, 5) is 13.2. The number of esters is 1. The van der Waals surface area contributed by atoms with E-state index in [0.717, 1.165) is 31.2 Å². The summed E-state index contributed by atoms with van der Waals surface area (Å²) in [6.07, 6.45) is 5.14. The van der Waals surface area contributed by atoms with E-state index in [4.69, 9.17) is 14.2 Å². The van der Waals surface area contributed by atoms with Gasteiger partial charge in [0.15, 0.2) is 11.5 Å². The lowest BCUT2D eigenvalue weighted by atomic mass is 9.94. The Morgan fingerprint density at radius 2 is 1.90 bits per heavy atom. The van der Waals surface area contributed by atoms with Crippen LogP contribution in [-0.2, 0) is 9.53 Å². The van der Waals surface area contributed by atoms with Gasteiger partial charge in [0.2, 0.25) is 5.95 Å². The van der Waals surface area contributed by atoms with E-state index in [9.17, 15) is 4.79 Å². The van der Waals surface area contributed by atoms with E-state index in [1.807, 2.05) is 19.1 Å². The molecule has 1 aromatic carbocycles. The van der Waals surface area contributed by atoms with Crippen molar-refractivity contribution in [3.05, 3.63) is 35.0 Å². The highest BCUT2D eigenvalue weighted by atomic mass is 16.5. The van der Waals surface area contributed by atoms with Gasteiger partial charge in [-0.25, -0.2) is 4.79 Å². The predicted molar refractivity (Wildman–Crippen MR) is 105 cm³/mol. The van der Waals surface area contributed by atoms with Crippen LogP contribution in [0.15, 0.2) is 29.5 Å². The molecule has 1 aromatic heterocycles. The Morgan fingerprint density at radius 1 is 1.14 bits per heavy atom. The molecule has 0 radical (unpaired) electrons. The minimum absolute atomic E-state index is 0.0436. The fourth-order valence-corrected chi connectivity index (χ4v) is 4.01. The monoisotopic (exact) mass is 399 g/mol. The molecular formula is C20H25N5O4. The zero-order valence-electron chi connectivity index (χ0n) is 16.8. The number of allylic oxidation sites excluding steroid dienone is 1. The van der Waals surface area contributed by atoms with E-state index in [1.165, 1.54) is 6.42 Å². The van der Waals surface area contributed by atoms with Crippen molar-refractivity contribution in [3.63, 3.8) is 0 Å². The number of hydrogen-bond acceptors (Lipinski definition) is 8. The fraction of sp³-hybridized carbons (Fsp3) is 0.500. The van der Waals surface area contributed by atoms with Gasteiger partial charge < -0.3 is 19.5 Å². The molecule has 0 spiro atoms. The number of rotatable bonds is 5. The number of ether oxygens (including phenoxy) is 3. The van der Waals surface area contributed by atoms with E-state index in [1.54, 1.807) is 25.0 Å². The van der Waals surface area contributed by atoms with Crippen LogP contribution in [-0.4, -0.2) is 46.5 Å². The van der Waals surface area contributed by atoms with Gasteiger partial charge >= 0.3 is 5.97 Å². The summed E-state index contributed by atoms with van der Waals surface area (Å²) in [6, 6.07) is 4.99. The van der Waals surface area contributed by atoms with Crippen LogP contribution in [0, 0.1) is 0 Å². The lowest BCUT2D eigenvalue weighted by molar-refractivity contribution is -0.146. The maximum atomic E-state index is 13.2. The molecule has 1 aliphatic carbocycles. The molecule has 0 bridgehead atoms. The van der Waals surface area contributed by atoms with E-state index in [0.29, 0.717) is 28.7 Å². The first kappa shape index (κ1) is 19.2. The molecule has 0 saturated heterocycles. The number of methoxy groups -OCH3 is 2. The Kier molecular flexibility index (Phi) is 5.37. The largest absolute Gasteiger partial charge is 0.493 e. The van der Waals surface area contributed by atoms with Gasteiger partial charge in [-0.3, -0.25) is 0 Å². The highest BCUT2D eigenvalue weighted by Gasteiger charge is 2.36. The average Bonchev–Trinajstić information content (AvgIpc) is 3.20. The van der Waals surface area contributed by atoms with Gasteiger partial charge in [0.1, 0.15) is 12.1 Å². The maximum Gasteiger partial charge on any atom is 0.338 e. The number of nitrogens with one attached hydrogen (secondary N) is 1. The van der Waals surface area contributed by atoms with Gasteiger partial charge in [-0.15, -0.1) is 0 Å². The van der Waals surface area contributed by atoms with Gasteiger partial charge in [-0.1, -0.05) is 17.6 Å². The highest BCUT2D eigenvalue weighted by Crippen LogP contribution is 2.39. The van der Waals surface area contributed by atoms with Crippen molar-refractivity contribution in [2.45, 2.75) is 51.2 Å². The molecule has 154 valence electrons. The van der Waals surface area contributed by atoms with Crippen LogP contribution in [0.5, 0.6) is 11.5 Å². The minimum atomic E-state index is -0.530. The molecule has 0 unspecified atom stereocenters. The maximum absolute atomic E-state index is 13.2. The Hall–Kier alpha value is -3.10. The first-order valence-electron chi connectivity index (χ1n) is 9.81. The van der Waals surface area contributed by atoms with Crippen molar-refractivity contribution in [1.29, 1.82) is 0 Å². The van der Waals surface area contributed by atoms with Gasteiger partial charge in [0.05, 0.1) is 19.8 Å². The van der Waals surface area contributed by atoms with E-state index < -0.39 is 6.04 Å². The van der Waals surface area contributed by atoms with Crippen LogP contribution in [0.4, 0.5) is 5.95 Å². The number of fused-ring (bicyclic) bond motifs is 1. The van der Waals surface area contributed by atoms with Gasteiger partial charge in [0.25, 0.3) is 0 Å². The van der Waals surface area contributed by atoms with Crippen molar-refractivity contribution in [2.75, 3.05) is 19.5 Å². The lowest BCUT2D eigenvalue weighted by Gasteiger charge is -2.29. The van der Waals surface area contributed by atoms with Gasteiger partial charge in [-0.05, 0) is 60.7 Å². The smallest absolute Gasteiger partial charge is 0.338 e. The lowest BCUT2D eigenvalue weighted by Crippen LogP contribution is -2.32. The van der Waals surface area contributed by atoms with Crippen molar-refractivity contribution in [1.82, 2.24) is 20.2 Å². The third kappa shape index (κ3) is 3.64. The molecule has 1 atom stereocenters. The molecular weight excluding hydrogens is 374 g/mol. The summed E-state index contributed by atoms with van der Waals surface area (Å²) in [5.41, 5.74) is 1.96. The summed E-state index contributed by atoms with van der Waals surface area (Å²) in [5.74, 6) is 1.30. The molecule has 2 aromatic rings. The normalized spacial score (nSPS) is 19.3. The molecule has 1 N–H and O–H groups in total. The molecule has 2 heterocycles. The van der Waals surface area contributed by atoms with Crippen LogP contribution in [0.3, 0.4) is 0 Å². The second-order valence-electron chi connectivity index (χ2n) is 7.29. The molecule has 2 aliphatic rings. The minimum Gasteiger partial charge on any atom is -0.493 e. The number of nitrogens with zero attached hydrogens (tertiary/aromatic N) is 4. The van der Waals surface area contributed by atoms with Crippen molar-refractivity contribution < 1.29 is 19.0 Å². The van der Waals surface area contributed by atoms with E-state index >= 15 is 0 Å². The van der Waals surface area contributed by atoms with Crippen LogP contribution in [0.1, 0.15) is 50.6 Å². The molecule has 1 saturated carbocycles. The molecule has 4 rings (SSSR count). The fourth-order valence-electron chi connectivity index (χ4n) is 4.01. The Labute approximate surface area is 169 Å². The summed E-state index contributed by atoms with van der Waals surface area (Å²) < 4.78 is 18.2.